The van der Waals surface area contributed by atoms with Crippen LogP contribution in [0.5, 0.6) is 0 Å². The molecule has 0 unspecified atom stereocenters. The Kier molecular flexibility index (Phi) is 4.50. The van der Waals surface area contributed by atoms with E-state index in [0.717, 1.165) is 5.57 Å². The fourth-order valence-electron chi connectivity index (χ4n) is 1.54. The number of ether oxygens (including phenoxy) is 3. The average molecular weight is 228 g/mol. The molecule has 0 aromatic heterocycles. The third-order valence-electron chi connectivity index (χ3n) is 2.49. The first kappa shape index (κ1) is 13.2. The molecule has 1 fully saturated rings. The van der Waals surface area contributed by atoms with Crippen LogP contribution < -0.4 is 0 Å². The van der Waals surface area contributed by atoms with Crippen LogP contribution in [0.25, 0.3) is 0 Å². The Hall–Kier alpha value is -0.870. The number of hydrogen-bond donors (Lipinski definition) is 0. The molecule has 0 aromatic carbocycles. The lowest BCUT2D eigenvalue weighted by Crippen LogP contribution is -2.36. The van der Waals surface area contributed by atoms with Gasteiger partial charge in [0.25, 0.3) is 0 Å². The standard InChI is InChI=1S/C12H20O4/c1-5-10(11(13)14-6-2)9-7-15-12(3,4)16-8-9/h5-8H2,1-4H3. The summed E-state index contributed by atoms with van der Waals surface area (Å²) in [7, 11) is 0. The Bertz CT molecular complexity index is 279. The summed E-state index contributed by atoms with van der Waals surface area (Å²) < 4.78 is 16.0. The zero-order valence-corrected chi connectivity index (χ0v) is 10.5. The first-order valence-electron chi connectivity index (χ1n) is 5.66. The Labute approximate surface area is 96.6 Å². The quantitative estimate of drug-likeness (QED) is 0.547. The van der Waals surface area contributed by atoms with Crippen LogP contribution in [0, 0.1) is 0 Å². The highest BCUT2D eigenvalue weighted by molar-refractivity contribution is 5.89. The predicted octanol–water partition coefficient (Wildman–Crippen LogP) is 2.04. The zero-order valence-electron chi connectivity index (χ0n) is 10.5. The minimum absolute atomic E-state index is 0.257. The average Bonchev–Trinajstić information content (AvgIpc) is 2.22. The van der Waals surface area contributed by atoms with Gasteiger partial charge >= 0.3 is 5.97 Å². The van der Waals surface area contributed by atoms with Gasteiger partial charge in [-0.25, -0.2) is 4.79 Å². The maximum atomic E-state index is 11.6. The lowest BCUT2D eigenvalue weighted by molar-refractivity contribution is -0.226. The second-order valence-electron chi connectivity index (χ2n) is 4.13. The van der Waals surface area contributed by atoms with Crippen molar-refractivity contribution in [1.82, 2.24) is 0 Å². The molecular weight excluding hydrogens is 208 g/mol. The van der Waals surface area contributed by atoms with Gasteiger partial charge in [0.1, 0.15) is 0 Å². The summed E-state index contributed by atoms with van der Waals surface area (Å²) in [5, 5.41) is 0. The number of rotatable bonds is 3. The summed E-state index contributed by atoms with van der Waals surface area (Å²) in [6.45, 7) is 8.72. The van der Waals surface area contributed by atoms with Crippen LogP contribution in [0.4, 0.5) is 0 Å². The van der Waals surface area contributed by atoms with Gasteiger partial charge in [0.05, 0.1) is 19.8 Å². The van der Waals surface area contributed by atoms with E-state index in [2.05, 4.69) is 0 Å². The third kappa shape index (κ3) is 3.32. The van der Waals surface area contributed by atoms with Gasteiger partial charge in [0.2, 0.25) is 0 Å². The van der Waals surface area contributed by atoms with Crippen molar-refractivity contribution in [2.24, 2.45) is 0 Å². The summed E-state index contributed by atoms with van der Waals surface area (Å²) in [6, 6.07) is 0. The summed E-state index contributed by atoms with van der Waals surface area (Å²) in [4.78, 5) is 11.6. The highest BCUT2D eigenvalue weighted by atomic mass is 16.7. The Morgan fingerprint density at radius 2 is 1.88 bits per heavy atom. The molecule has 4 heteroatoms. The molecule has 0 saturated carbocycles. The van der Waals surface area contributed by atoms with Gasteiger partial charge in [-0.1, -0.05) is 6.92 Å². The fraction of sp³-hybridized carbons (Fsp3) is 0.750. The number of hydrogen-bond acceptors (Lipinski definition) is 4. The number of carbonyl (C=O) groups is 1. The van der Waals surface area contributed by atoms with Crippen LogP contribution in [0.1, 0.15) is 34.1 Å². The second-order valence-corrected chi connectivity index (χ2v) is 4.13. The smallest absolute Gasteiger partial charge is 0.334 e. The molecule has 0 aromatic rings. The van der Waals surface area contributed by atoms with Gasteiger partial charge in [-0.05, 0) is 32.8 Å². The highest BCUT2D eigenvalue weighted by Gasteiger charge is 2.27. The minimum Gasteiger partial charge on any atom is -0.463 e. The van der Waals surface area contributed by atoms with E-state index in [1.165, 1.54) is 0 Å². The predicted molar refractivity (Wildman–Crippen MR) is 59.9 cm³/mol. The topological polar surface area (TPSA) is 44.8 Å². The van der Waals surface area contributed by atoms with Gasteiger partial charge < -0.3 is 14.2 Å². The Balaban J connectivity index is 2.74. The van der Waals surface area contributed by atoms with Crippen LogP contribution in [-0.2, 0) is 19.0 Å². The molecule has 1 saturated heterocycles. The molecule has 92 valence electrons. The van der Waals surface area contributed by atoms with E-state index >= 15 is 0 Å². The SMILES string of the molecule is CCOC(=O)C(CC)=C1COC(C)(C)OC1. The molecule has 0 amide bonds. The van der Waals surface area contributed by atoms with E-state index in [4.69, 9.17) is 14.2 Å². The normalized spacial score (nSPS) is 19.4. The maximum Gasteiger partial charge on any atom is 0.334 e. The molecule has 1 rings (SSSR count). The second kappa shape index (κ2) is 5.46. The zero-order chi connectivity index (χ0) is 12.2. The Morgan fingerprint density at radius 3 is 2.31 bits per heavy atom. The fourth-order valence-corrected chi connectivity index (χ4v) is 1.54. The maximum absolute atomic E-state index is 11.6. The van der Waals surface area contributed by atoms with E-state index in [1.54, 1.807) is 6.92 Å². The largest absolute Gasteiger partial charge is 0.463 e. The molecule has 0 N–H and O–H groups in total. The van der Waals surface area contributed by atoms with Gasteiger partial charge in [-0.2, -0.15) is 0 Å². The number of carbonyl (C=O) groups excluding carboxylic acids is 1. The lowest BCUT2D eigenvalue weighted by Gasteiger charge is -2.32. The van der Waals surface area contributed by atoms with Crippen LogP contribution in [-0.4, -0.2) is 31.6 Å². The van der Waals surface area contributed by atoms with Gasteiger partial charge in [0, 0.05) is 5.57 Å². The highest BCUT2D eigenvalue weighted by Crippen LogP contribution is 2.23. The van der Waals surface area contributed by atoms with Crippen molar-refractivity contribution in [1.29, 1.82) is 0 Å². The van der Waals surface area contributed by atoms with Crippen molar-refractivity contribution in [3.8, 4) is 0 Å². The van der Waals surface area contributed by atoms with Crippen LogP contribution >= 0.6 is 0 Å². The van der Waals surface area contributed by atoms with E-state index in [0.29, 0.717) is 31.8 Å². The lowest BCUT2D eigenvalue weighted by atomic mass is 10.1. The van der Waals surface area contributed by atoms with E-state index in [-0.39, 0.29) is 5.97 Å². The van der Waals surface area contributed by atoms with Crippen molar-refractivity contribution >= 4 is 5.97 Å². The molecule has 1 heterocycles. The summed E-state index contributed by atoms with van der Waals surface area (Å²) in [6.07, 6.45) is 0.640. The molecule has 0 bridgehead atoms. The van der Waals surface area contributed by atoms with Gasteiger partial charge in [-0.3, -0.25) is 0 Å². The first-order valence-corrected chi connectivity index (χ1v) is 5.66. The third-order valence-corrected chi connectivity index (χ3v) is 2.49. The van der Waals surface area contributed by atoms with E-state index in [1.807, 2.05) is 20.8 Å². The van der Waals surface area contributed by atoms with Crippen LogP contribution in [0.2, 0.25) is 0 Å². The molecule has 0 atom stereocenters. The molecule has 4 nitrogen and oxygen atoms in total. The monoisotopic (exact) mass is 228 g/mol. The molecule has 16 heavy (non-hydrogen) atoms. The molecule has 1 aliphatic heterocycles. The van der Waals surface area contributed by atoms with Crippen LogP contribution in [0.3, 0.4) is 0 Å². The van der Waals surface area contributed by atoms with E-state index in [9.17, 15) is 4.79 Å². The molecule has 0 radical (unpaired) electrons. The first-order chi connectivity index (χ1) is 7.50. The minimum atomic E-state index is -0.559. The molecule has 0 aliphatic carbocycles. The van der Waals surface area contributed by atoms with Crippen molar-refractivity contribution in [3.05, 3.63) is 11.1 Å². The van der Waals surface area contributed by atoms with Gasteiger partial charge in [-0.15, -0.1) is 0 Å². The summed E-state index contributed by atoms with van der Waals surface area (Å²) in [5.74, 6) is -0.816. The Morgan fingerprint density at radius 1 is 1.31 bits per heavy atom. The molecule has 0 spiro atoms. The summed E-state index contributed by atoms with van der Waals surface area (Å²) in [5.41, 5.74) is 1.57. The van der Waals surface area contributed by atoms with Crippen molar-refractivity contribution in [2.75, 3.05) is 19.8 Å². The summed E-state index contributed by atoms with van der Waals surface area (Å²) >= 11 is 0. The van der Waals surface area contributed by atoms with Gasteiger partial charge in [0.15, 0.2) is 5.79 Å². The van der Waals surface area contributed by atoms with Crippen LogP contribution in [0.15, 0.2) is 11.1 Å². The van der Waals surface area contributed by atoms with Crippen molar-refractivity contribution < 1.29 is 19.0 Å². The molecule has 1 aliphatic rings. The van der Waals surface area contributed by atoms with Crippen molar-refractivity contribution in [3.63, 3.8) is 0 Å². The molecular formula is C12H20O4. The van der Waals surface area contributed by atoms with Crippen molar-refractivity contribution in [2.45, 2.75) is 39.9 Å². The number of esters is 1. The van der Waals surface area contributed by atoms with E-state index < -0.39 is 5.79 Å².